The number of sulfone groups is 1. The third-order valence-electron chi connectivity index (χ3n) is 5.60. The molecule has 0 bridgehead atoms. The number of nitrogens with one attached hydrogen (secondary N) is 1. The molecule has 2 aromatic carbocycles. The Balaban J connectivity index is 0.00000289. The molecule has 4 rings (SSSR count). The molecule has 1 saturated carbocycles. The van der Waals surface area contributed by atoms with Crippen molar-refractivity contribution in [2.75, 3.05) is 10.7 Å². The monoisotopic (exact) mass is 501 g/mol. The number of hydrogen-bond donors (Lipinski definition) is 2. The molecule has 11 heteroatoms. The molecule has 0 radical (unpaired) electrons. The molecule has 1 heterocycles. The van der Waals surface area contributed by atoms with E-state index in [4.69, 9.17) is 17.3 Å². The van der Waals surface area contributed by atoms with E-state index in [9.17, 15) is 22.4 Å². The Morgan fingerprint density at radius 1 is 1.22 bits per heavy atom. The van der Waals surface area contributed by atoms with Gasteiger partial charge in [0, 0.05) is 11.1 Å². The van der Waals surface area contributed by atoms with Crippen LogP contribution in [0.15, 0.2) is 41.3 Å². The molecule has 1 fully saturated rings. The maximum Gasteiger partial charge on any atom is 0.254 e. The van der Waals surface area contributed by atoms with Crippen LogP contribution in [-0.2, 0) is 21.2 Å². The molecule has 32 heavy (non-hydrogen) atoms. The number of carbonyl (C=O) groups excluding carboxylic acids is 2. The van der Waals surface area contributed by atoms with E-state index in [2.05, 4.69) is 5.32 Å². The SMILES string of the molecule is Cl.N[C@H]1CS(=O)(=O)c2cc(F)c(C(=O)NC3CCC3)cc2N(Cc2ccc(Cl)cc2)C1=O. The van der Waals surface area contributed by atoms with Crippen molar-refractivity contribution in [2.24, 2.45) is 5.73 Å². The first-order valence-electron chi connectivity index (χ1n) is 9.84. The minimum Gasteiger partial charge on any atom is -0.349 e. The van der Waals surface area contributed by atoms with Gasteiger partial charge in [0.15, 0.2) is 9.84 Å². The highest BCUT2D eigenvalue weighted by atomic mass is 35.5. The second-order valence-corrected chi connectivity index (χ2v) is 10.3. The van der Waals surface area contributed by atoms with E-state index in [1.165, 1.54) is 4.90 Å². The number of anilines is 1. The summed E-state index contributed by atoms with van der Waals surface area (Å²) in [4.78, 5) is 26.4. The van der Waals surface area contributed by atoms with Crippen LogP contribution in [0, 0.1) is 5.82 Å². The van der Waals surface area contributed by atoms with Gasteiger partial charge in [-0.3, -0.25) is 9.59 Å². The molecule has 0 spiro atoms. The number of hydrogen-bond acceptors (Lipinski definition) is 5. The number of amides is 2. The molecule has 0 saturated heterocycles. The fraction of sp³-hybridized carbons (Fsp3) is 0.333. The molecule has 2 aromatic rings. The van der Waals surface area contributed by atoms with Crippen molar-refractivity contribution in [1.82, 2.24) is 5.32 Å². The van der Waals surface area contributed by atoms with E-state index in [1.54, 1.807) is 24.3 Å². The van der Waals surface area contributed by atoms with E-state index in [-0.39, 0.29) is 41.1 Å². The standard InChI is InChI=1S/C21H21ClFN3O4S.ClH/c22-13-6-4-12(5-7-13)10-26-18-8-15(20(27)25-14-2-1-3-14)16(23)9-19(18)31(29,30)11-17(24)21(26)28;/h4-9,14,17H,1-3,10-11,24H2,(H,25,27);1H/t17-;/m0./s1. The van der Waals surface area contributed by atoms with Gasteiger partial charge in [0.1, 0.15) is 5.82 Å². The molecule has 0 unspecified atom stereocenters. The van der Waals surface area contributed by atoms with Crippen LogP contribution >= 0.6 is 24.0 Å². The molecule has 2 aliphatic rings. The Kier molecular flexibility index (Phi) is 7.14. The van der Waals surface area contributed by atoms with Crippen LogP contribution in [0.2, 0.25) is 5.02 Å². The summed E-state index contributed by atoms with van der Waals surface area (Å²) in [6.45, 7) is -0.0124. The van der Waals surface area contributed by atoms with Crippen LogP contribution < -0.4 is 16.0 Å². The predicted octanol–water partition coefficient (Wildman–Crippen LogP) is 2.83. The van der Waals surface area contributed by atoms with Crippen molar-refractivity contribution in [3.8, 4) is 0 Å². The van der Waals surface area contributed by atoms with E-state index >= 15 is 0 Å². The van der Waals surface area contributed by atoms with Crippen molar-refractivity contribution >= 4 is 51.3 Å². The van der Waals surface area contributed by atoms with Crippen LogP contribution in [0.1, 0.15) is 35.2 Å². The largest absolute Gasteiger partial charge is 0.349 e. The predicted molar refractivity (Wildman–Crippen MR) is 121 cm³/mol. The number of halogens is 3. The lowest BCUT2D eigenvalue weighted by atomic mass is 9.93. The molecule has 1 aliphatic carbocycles. The summed E-state index contributed by atoms with van der Waals surface area (Å²) >= 11 is 5.92. The quantitative estimate of drug-likeness (QED) is 0.669. The molecule has 7 nitrogen and oxygen atoms in total. The molecule has 2 amide bonds. The molecule has 1 atom stereocenters. The average molecular weight is 502 g/mol. The smallest absolute Gasteiger partial charge is 0.254 e. The number of nitrogens with zero attached hydrogens (tertiary/aromatic N) is 1. The summed E-state index contributed by atoms with van der Waals surface area (Å²) in [5.41, 5.74) is 6.15. The Hall–Kier alpha value is -2.20. The second-order valence-electron chi connectivity index (χ2n) is 7.84. The normalized spacial score (nSPS) is 19.9. The molecule has 3 N–H and O–H groups in total. The number of rotatable bonds is 4. The van der Waals surface area contributed by atoms with Gasteiger partial charge in [-0.05, 0) is 49.1 Å². The fourth-order valence-electron chi connectivity index (χ4n) is 3.65. The zero-order chi connectivity index (χ0) is 22.3. The Morgan fingerprint density at radius 2 is 1.88 bits per heavy atom. The number of fused-ring (bicyclic) bond motifs is 1. The highest BCUT2D eigenvalue weighted by Crippen LogP contribution is 2.34. The van der Waals surface area contributed by atoms with Crippen LogP contribution in [0.25, 0.3) is 0 Å². The van der Waals surface area contributed by atoms with Crippen LogP contribution in [0.3, 0.4) is 0 Å². The first-order valence-corrected chi connectivity index (χ1v) is 11.9. The summed E-state index contributed by atoms with van der Waals surface area (Å²) in [6, 6.07) is 7.23. The van der Waals surface area contributed by atoms with E-state index < -0.39 is 39.3 Å². The Bertz CT molecular complexity index is 1150. The second kappa shape index (κ2) is 9.35. The van der Waals surface area contributed by atoms with Gasteiger partial charge >= 0.3 is 0 Å². The van der Waals surface area contributed by atoms with Gasteiger partial charge in [-0.25, -0.2) is 12.8 Å². The molecular formula is C21H22Cl2FN3O4S. The average Bonchev–Trinajstić information content (AvgIpc) is 2.74. The van der Waals surface area contributed by atoms with Crippen molar-refractivity contribution < 1.29 is 22.4 Å². The van der Waals surface area contributed by atoms with Gasteiger partial charge in [0.05, 0.1) is 34.5 Å². The summed E-state index contributed by atoms with van der Waals surface area (Å²) in [5.74, 6) is -2.89. The van der Waals surface area contributed by atoms with Gasteiger partial charge in [-0.1, -0.05) is 23.7 Å². The zero-order valence-electron chi connectivity index (χ0n) is 16.9. The minimum atomic E-state index is -4.05. The van der Waals surface area contributed by atoms with Gasteiger partial charge in [-0.2, -0.15) is 0 Å². The van der Waals surface area contributed by atoms with E-state index in [0.717, 1.165) is 31.4 Å². The lowest BCUT2D eigenvalue weighted by Crippen LogP contribution is -2.45. The first-order chi connectivity index (χ1) is 14.7. The number of carbonyl (C=O) groups is 2. The first kappa shape index (κ1) is 24.4. The van der Waals surface area contributed by atoms with Crippen LogP contribution in [0.4, 0.5) is 10.1 Å². The van der Waals surface area contributed by atoms with E-state index in [1.807, 2.05) is 0 Å². The highest BCUT2D eigenvalue weighted by Gasteiger charge is 2.37. The maximum absolute atomic E-state index is 14.8. The highest BCUT2D eigenvalue weighted by molar-refractivity contribution is 7.91. The summed E-state index contributed by atoms with van der Waals surface area (Å²) in [6.07, 6.45) is 2.60. The van der Waals surface area contributed by atoms with Crippen molar-refractivity contribution in [3.05, 3.63) is 58.4 Å². The van der Waals surface area contributed by atoms with Crippen molar-refractivity contribution in [2.45, 2.75) is 42.8 Å². The zero-order valence-corrected chi connectivity index (χ0v) is 19.3. The topological polar surface area (TPSA) is 110 Å². The summed E-state index contributed by atoms with van der Waals surface area (Å²) in [5, 5.41) is 3.24. The minimum absolute atomic E-state index is 0. The molecular weight excluding hydrogens is 480 g/mol. The lowest BCUT2D eigenvalue weighted by Gasteiger charge is -2.27. The van der Waals surface area contributed by atoms with Gasteiger partial charge in [0.25, 0.3) is 5.91 Å². The van der Waals surface area contributed by atoms with Crippen molar-refractivity contribution in [3.63, 3.8) is 0 Å². The van der Waals surface area contributed by atoms with Gasteiger partial charge in [0.2, 0.25) is 5.91 Å². The third-order valence-corrected chi connectivity index (χ3v) is 7.64. The van der Waals surface area contributed by atoms with Gasteiger partial charge in [-0.15, -0.1) is 12.4 Å². The van der Waals surface area contributed by atoms with Crippen molar-refractivity contribution in [1.29, 1.82) is 0 Å². The number of nitrogens with two attached hydrogens (primary N) is 1. The van der Waals surface area contributed by atoms with Crippen LogP contribution in [-0.4, -0.2) is 38.1 Å². The molecule has 172 valence electrons. The lowest BCUT2D eigenvalue weighted by molar-refractivity contribution is -0.119. The van der Waals surface area contributed by atoms with E-state index in [0.29, 0.717) is 10.6 Å². The van der Waals surface area contributed by atoms with Gasteiger partial charge < -0.3 is 16.0 Å². The van der Waals surface area contributed by atoms with Crippen LogP contribution in [0.5, 0.6) is 0 Å². The molecule has 1 aliphatic heterocycles. The Morgan fingerprint density at radius 3 is 2.47 bits per heavy atom. The molecule has 0 aromatic heterocycles. The summed E-state index contributed by atoms with van der Waals surface area (Å²) in [7, 11) is -4.05. The summed E-state index contributed by atoms with van der Waals surface area (Å²) < 4.78 is 40.4. The third kappa shape index (κ3) is 4.76. The Labute approximate surface area is 196 Å². The fourth-order valence-corrected chi connectivity index (χ4v) is 5.34. The maximum atomic E-state index is 14.8. The number of benzene rings is 2.